The maximum absolute atomic E-state index is 6.01. The second-order valence-corrected chi connectivity index (χ2v) is 6.52. The molecule has 18 heavy (non-hydrogen) atoms. The van der Waals surface area contributed by atoms with E-state index in [0.29, 0.717) is 12.0 Å². The largest absolute Gasteiger partial charge is 0.330 e. The van der Waals surface area contributed by atoms with Crippen LogP contribution in [0.5, 0.6) is 0 Å². The van der Waals surface area contributed by atoms with Gasteiger partial charge in [-0.1, -0.05) is 28.1 Å². The molecule has 2 atom stereocenters. The van der Waals surface area contributed by atoms with Gasteiger partial charge in [-0.2, -0.15) is 0 Å². The molecule has 0 amide bonds. The van der Waals surface area contributed by atoms with Gasteiger partial charge in [-0.15, -0.1) is 0 Å². The fraction of sp³-hybridized carbons (Fsp3) is 0.600. The molecule has 0 bridgehead atoms. The van der Waals surface area contributed by atoms with Crippen molar-refractivity contribution in [3.8, 4) is 0 Å². The normalized spacial score (nSPS) is 29.4. The molecule has 0 spiro atoms. The number of hydrogen-bond acceptors (Lipinski definition) is 2. The summed E-state index contributed by atoms with van der Waals surface area (Å²) in [5.41, 5.74) is 7.45. The molecule has 2 unspecified atom stereocenters. The summed E-state index contributed by atoms with van der Waals surface area (Å²) >= 11 is 3.52. The second-order valence-electron chi connectivity index (χ2n) is 5.60. The highest BCUT2D eigenvalue weighted by Gasteiger charge is 2.39. The van der Waals surface area contributed by atoms with E-state index in [-0.39, 0.29) is 0 Å². The van der Waals surface area contributed by atoms with Gasteiger partial charge in [0.1, 0.15) is 0 Å². The minimum absolute atomic E-state index is 0.546. The third-order valence-electron chi connectivity index (χ3n) is 4.33. The van der Waals surface area contributed by atoms with Gasteiger partial charge >= 0.3 is 0 Å². The molecular formula is C15H21BrN2. The molecule has 1 aromatic carbocycles. The Balaban J connectivity index is 1.89. The van der Waals surface area contributed by atoms with Crippen LogP contribution in [0.4, 0.5) is 0 Å². The summed E-state index contributed by atoms with van der Waals surface area (Å²) in [6.45, 7) is 2.06. The molecule has 0 aromatic heterocycles. The standard InChI is InChI=1S/C15H21BrN2/c16-13-5-3-11(4-6-13)15-12(10-17)2-1-9-18(15)14-7-8-14/h3-6,12,14-15H,1-2,7-10,17H2. The lowest BCUT2D eigenvalue weighted by atomic mass is 9.84. The maximum atomic E-state index is 6.01. The Morgan fingerprint density at radius 3 is 2.50 bits per heavy atom. The molecule has 2 nitrogen and oxygen atoms in total. The van der Waals surface area contributed by atoms with E-state index in [1.54, 1.807) is 0 Å². The summed E-state index contributed by atoms with van der Waals surface area (Å²) in [5, 5.41) is 0. The Morgan fingerprint density at radius 2 is 1.89 bits per heavy atom. The quantitative estimate of drug-likeness (QED) is 0.928. The van der Waals surface area contributed by atoms with Crippen LogP contribution in [-0.2, 0) is 0 Å². The number of piperidine rings is 1. The van der Waals surface area contributed by atoms with Crippen LogP contribution in [0.25, 0.3) is 0 Å². The zero-order chi connectivity index (χ0) is 12.5. The predicted molar refractivity (Wildman–Crippen MR) is 78.4 cm³/mol. The molecule has 3 heteroatoms. The van der Waals surface area contributed by atoms with Gasteiger partial charge in [0.25, 0.3) is 0 Å². The molecule has 1 aliphatic carbocycles. The first-order valence-corrected chi connectivity index (χ1v) is 7.80. The summed E-state index contributed by atoms with van der Waals surface area (Å²) < 4.78 is 1.16. The SMILES string of the molecule is NCC1CCCN(C2CC2)C1c1ccc(Br)cc1. The van der Waals surface area contributed by atoms with Gasteiger partial charge < -0.3 is 5.73 Å². The topological polar surface area (TPSA) is 29.3 Å². The average molecular weight is 309 g/mol. The van der Waals surface area contributed by atoms with Crippen molar-refractivity contribution in [3.05, 3.63) is 34.3 Å². The van der Waals surface area contributed by atoms with Crippen molar-refractivity contribution in [1.29, 1.82) is 0 Å². The molecule has 1 heterocycles. The maximum Gasteiger partial charge on any atom is 0.0391 e. The van der Waals surface area contributed by atoms with Crippen LogP contribution in [0.3, 0.4) is 0 Å². The minimum Gasteiger partial charge on any atom is -0.330 e. The van der Waals surface area contributed by atoms with Crippen molar-refractivity contribution >= 4 is 15.9 Å². The minimum atomic E-state index is 0.546. The number of likely N-dealkylation sites (tertiary alicyclic amines) is 1. The van der Waals surface area contributed by atoms with Crippen LogP contribution >= 0.6 is 15.9 Å². The Hall–Kier alpha value is -0.380. The lowest BCUT2D eigenvalue weighted by Crippen LogP contribution is -2.42. The van der Waals surface area contributed by atoms with E-state index < -0.39 is 0 Å². The van der Waals surface area contributed by atoms with Crippen LogP contribution in [0.2, 0.25) is 0 Å². The number of nitrogens with two attached hydrogens (primary N) is 1. The van der Waals surface area contributed by atoms with Crippen molar-refractivity contribution in [2.24, 2.45) is 11.7 Å². The Bertz CT molecular complexity index is 399. The summed E-state index contributed by atoms with van der Waals surface area (Å²) in [6.07, 6.45) is 5.35. The van der Waals surface area contributed by atoms with Gasteiger partial charge in [0.15, 0.2) is 0 Å². The molecule has 0 radical (unpaired) electrons. The number of hydrogen-bond donors (Lipinski definition) is 1. The van der Waals surface area contributed by atoms with E-state index in [1.807, 2.05) is 0 Å². The van der Waals surface area contributed by atoms with E-state index in [4.69, 9.17) is 5.73 Å². The van der Waals surface area contributed by atoms with Gasteiger partial charge in [0, 0.05) is 16.6 Å². The van der Waals surface area contributed by atoms with Crippen LogP contribution in [0.1, 0.15) is 37.3 Å². The van der Waals surface area contributed by atoms with Crippen molar-refractivity contribution in [2.45, 2.75) is 37.8 Å². The van der Waals surface area contributed by atoms with Crippen molar-refractivity contribution in [1.82, 2.24) is 4.90 Å². The molecular weight excluding hydrogens is 288 g/mol. The molecule has 1 aromatic rings. The fourth-order valence-electron chi connectivity index (χ4n) is 3.29. The third-order valence-corrected chi connectivity index (χ3v) is 4.85. The van der Waals surface area contributed by atoms with Crippen LogP contribution in [-0.4, -0.2) is 24.0 Å². The highest BCUT2D eigenvalue weighted by atomic mass is 79.9. The second kappa shape index (κ2) is 5.32. The molecule has 2 fully saturated rings. The molecule has 1 saturated heterocycles. The molecule has 98 valence electrons. The van der Waals surface area contributed by atoms with E-state index in [1.165, 1.54) is 37.8 Å². The zero-order valence-electron chi connectivity index (χ0n) is 10.7. The third kappa shape index (κ3) is 2.49. The highest BCUT2D eigenvalue weighted by molar-refractivity contribution is 9.10. The van der Waals surface area contributed by atoms with Crippen molar-refractivity contribution < 1.29 is 0 Å². The number of nitrogens with zero attached hydrogens (tertiary/aromatic N) is 1. The lowest BCUT2D eigenvalue weighted by Gasteiger charge is -2.41. The summed E-state index contributed by atoms with van der Waals surface area (Å²) in [5.74, 6) is 0.625. The van der Waals surface area contributed by atoms with E-state index >= 15 is 0 Å². The predicted octanol–water partition coefficient (Wildman–Crippen LogP) is 3.32. The number of halogens is 1. The molecule has 1 saturated carbocycles. The number of rotatable bonds is 3. The van der Waals surface area contributed by atoms with Crippen LogP contribution < -0.4 is 5.73 Å². The highest BCUT2D eigenvalue weighted by Crippen LogP contribution is 2.42. The smallest absolute Gasteiger partial charge is 0.0391 e. The van der Waals surface area contributed by atoms with E-state index in [0.717, 1.165) is 17.1 Å². The summed E-state index contributed by atoms with van der Waals surface area (Å²) in [7, 11) is 0. The lowest BCUT2D eigenvalue weighted by molar-refractivity contribution is 0.0880. The fourth-order valence-corrected chi connectivity index (χ4v) is 3.55. The van der Waals surface area contributed by atoms with Crippen LogP contribution in [0, 0.1) is 5.92 Å². The Morgan fingerprint density at radius 1 is 1.17 bits per heavy atom. The summed E-state index contributed by atoms with van der Waals surface area (Å²) in [4.78, 5) is 2.71. The van der Waals surface area contributed by atoms with Crippen LogP contribution in [0.15, 0.2) is 28.7 Å². The monoisotopic (exact) mass is 308 g/mol. The Labute approximate surface area is 118 Å². The number of benzene rings is 1. The van der Waals surface area contributed by atoms with Crippen molar-refractivity contribution in [2.75, 3.05) is 13.1 Å². The van der Waals surface area contributed by atoms with Crippen molar-refractivity contribution in [3.63, 3.8) is 0 Å². The van der Waals surface area contributed by atoms with E-state index in [9.17, 15) is 0 Å². The first-order chi connectivity index (χ1) is 8.79. The summed E-state index contributed by atoms with van der Waals surface area (Å²) in [6, 6.07) is 10.2. The zero-order valence-corrected chi connectivity index (χ0v) is 12.3. The van der Waals surface area contributed by atoms with Gasteiger partial charge in [-0.3, -0.25) is 4.90 Å². The first-order valence-electron chi connectivity index (χ1n) is 7.01. The van der Waals surface area contributed by atoms with Gasteiger partial charge in [-0.05, 0) is 62.4 Å². The molecule has 3 rings (SSSR count). The van der Waals surface area contributed by atoms with E-state index in [2.05, 4.69) is 45.1 Å². The van der Waals surface area contributed by atoms with Gasteiger partial charge in [0.05, 0.1) is 0 Å². The first kappa shape index (κ1) is 12.6. The van der Waals surface area contributed by atoms with Gasteiger partial charge in [-0.25, -0.2) is 0 Å². The molecule has 1 aliphatic heterocycles. The Kier molecular flexibility index (Phi) is 3.73. The molecule has 2 aliphatic rings. The molecule has 2 N–H and O–H groups in total. The van der Waals surface area contributed by atoms with Gasteiger partial charge in [0.2, 0.25) is 0 Å². The average Bonchev–Trinajstić information content (AvgIpc) is 3.23.